The molecule has 134 valence electrons. The zero-order chi connectivity index (χ0) is 18.3. The van der Waals surface area contributed by atoms with E-state index in [-0.39, 0.29) is 0 Å². The summed E-state index contributed by atoms with van der Waals surface area (Å²) in [7, 11) is -2.18. The summed E-state index contributed by atoms with van der Waals surface area (Å²) in [6, 6.07) is 0. The van der Waals surface area contributed by atoms with Crippen LogP contribution in [0.4, 0.5) is 0 Å². The fraction of sp³-hybridized carbons (Fsp3) is 0.684. The van der Waals surface area contributed by atoms with Crippen molar-refractivity contribution in [2.75, 3.05) is 0 Å². The second-order valence-corrected chi connectivity index (χ2v) is 13.4. The van der Waals surface area contributed by atoms with Crippen molar-refractivity contribution in [1.29, 1.82) is 0 Å². The van der Waals surface area contributed by atoms with Crippen molar-refractivity contribution >= 4 is 19.9 Å². The fourth-order valence-electron chi connectivity index (χ4n) is 4.69. The number of carbonyl (C=O) groups is 2. The molecular weight excluding hydrogens is 320 g/mol. The molecule has 0 bridgehead atoms. The number of ketones is 2. The Balaban J connectivity index is 2.44. The van der Waals surface area contributed by atoms with Crippen LogP contribution in [0.25, 0.3) is 0 Å². The Morgan fingerprint density at radius 1 is 1.04 bits per heavy atom. The van der Waals surface area contributed by atoms with Gasteiger partial charge in [0.2, 0.25) is 8.32 Å². The minimum absolute atomic E-state index is 0.395. The summed E-state index contributed by atoms with van der Waals surface area (Å²) in [6.45, 7) is 13.2. The van der Waals surface area contributed by atoms with Crippen molar-refractivity contribution in [3.63, 3.8) is 0 Å². The van der Waals surface area contributed by atoms with Crippen molar-refractivity contribution in [1.82, 2.24) is 0 Å². The van der Waals surface area contributed by atoms with Crippen LogP contribution in [0.15, 0.2) is 24.3 Å². The molecule has 0 saturated heterocycles. The monoisotopic (exact) mass is 350 g/mol. The Morgan fingerprint density at radius 3 is 2.04 bits per heavy atom. The normalized spacial score (nSPS) is 30.6. The van der Waals surface area contributed by atoms with Gasteiger partial charge in [-0.2, -0.15) is 0 Å². The lowest BCUT2D eigenvalue weighted by Gasteiger charge is -2.48. The molecule has 1 N–H and O–H groups in total. The van der Waals surface area contributed by atoms with E-state index in [1.807, 2.05) is 0 Å². The maximum absolute atomic E-state index is 12.2. The minimum atomic E-state index is -2.18. The standard InChI is InChI=1S/C19H30O4Si/c1-12(2)24(13(3)4,14(5)6)23-16-10-11-18(21)19(22)15(16)8-7-9-17(19)20/h7,9-16,22H,8H2,1-6H3/t15-,16-,19+/m0/s1. The molecule has 0 radical (unpaired) electrons. The SMILES string of the molecule is CC(C)[Si](O[C@H]1C=CC(=O)[C@]2(O)C(=O)C=CC[C@@H]12)(C(C)C)C(C)C. The summed E-state index contributed by atoms with van der Waals surface area (Å²) in [6.07, 6.45) is 6.22. The van der Waals surface area contributed by atoms with Gasteiger partial charge in [0.15, 0.2) is 17.2 Å². The molecule has 0 aromatic heterocycles. The third-order valence-corrected chi connectivity index (χ3v) is 11.9. The van der Waals surface area contributed by atoms with E-state index in [1.165, 1.54) is 12.2 Å². The maximum Gasteiger partial charge on any atom is 0.201 e. The smallest absolute Gasteiger partial charge is 0.201 e. The van der Waals surface area contributed by atoms with E-state index >= 15 is 0 Å². The molecule has 0 aromatic carbocycles. The van der Waals surface area contributed by atoms with Crippen LogP contribution in [0.2, 0.25) is 16.6 Å². The first kappa shape index (κ1) is 19.3. The highest BCUT2D eigenvalue weighted by Crippen LogP contribution is 2.46. The van der Waals surface area contributed by atoms with Gasteiger partial charge in [-0.15, -0.1) is 0 Å². The van der Waals surface area contributed by atoms with Gasteiger partial charge in [0.05, 0.1) is 6.10 Å². The second kappa shape index (κ2) is 6.69. The first-order chi connectivity index (χ1) is 11.1. The highest BCUT2D eigenvalue weighted by Gasteiger charge is 2.56. The zero-order valence-corrected chi connectivity index (χ0v) is 16.6. The molecule has 0 amide bonds. The van der Waals surface area contributed by atoms with E-state index in [2.05, 4.69) is 41.5 Å². The van der Waals surface area contributed by atoms with E-state index < -0.39 is 37.5 Å². The van der Waals surface area contributed by atoms with Crippen LogP contribution < -0.4 is 0 Å². The molecule has 4 nitrogen and oxygen atoms in total. The molecule has 2 aliphatic rings. The number of allylic oxidation sites excluding steroid dienone is 1. The first-order valence-corrected chi connectivity index (χ1v) is 11.1. The van der Waals surface area contributed by atoms with Crippen LogP contribution in [-0.4, -0.2) is 36.7 Å². The van der Waals surface area contributed by atoms with E-state index in [0.717, 1.165) is 0 Å². The molecule has 2 rings (SSSR count). The molecule has 0 unspecified atom stereocenters. The molecule has 0 fully saturated rings. The Kier molecular flexibility index (Phi) is 5.38. The number of hydrogen-bond donors (Lipinski definition) is 1. The summed E-state index contributed by atoms with van der Waals surface area (Å²) in [5, 5.41) is 10.8. The van der Waals surface area contributed by atoms with E-state index in [4.69, 9.17) is 4.43 Å². The van der Waals surface area contributed by atoms with E-state index in [9.17, 15) is 14.7 Å². The van der Waals surface area contributed by atoms with Gasteiger partial charge < -0.3 is 9.53 Å². The minimum Gasteiger partial charge on any atom is -0.409 e. The molecule has 24 heavy (non-hydrogen) atoms. The van der Waals surface area contributed by atoms with Crippen molar-refractivity contribution in [3.8, 4) is 0 Å². The highest BCUT2D eigenvalue weighted by atomic mass is 28.4. The van der Waals surface area contributed by atoms with Gasteiger partial charge >= 0.3 is 0 Å². The molecule has 0 spiro atoms. The van der Waals surface area contributed by atoms with Gasteiger partial charge in [0.1, 0.15) is 0 Å². The first-order valence-electron chi connectivity index (χ1n) is 8.92. The molecule has 0 aliphatic heterocycles. The summed E-state index contributed by atoms with van der Waals surface area (Å²) in [5.74, 6) is -1.57. The summed E-state index contributed by atoms with van der Waals surface area (Å²) < 4.78 is 6.75. The lowest BCUT2D eigenvalue weighted by Crippen LogP contribution is -2.61. The van der Waals surface area contributed by atoms with Gasteiger partial charge in [-0.05, 0) is 35.2 Å². The van der Waals surface area contributed by atoms with E-state index in [1.54, 1.807) is 12.2 Å². The van der Waals surface area contributed by atoms with Crippen LogP contribution in [0.1, 0.15) is 48.0 Å². The predicted octanol–water partition coefficient (Wildman–Crippen LogP) is 3.56. The number of rotatable bonds is 5. The lowest BCUT2D eigenvalue weighted by atomic mass is 9.69. The number of carbonyl (C=O) groups excluding carboxylic acids is 2. The Hall–Kier alpha value is -1.04. The number of fused-ring (bicyclic) bond motifs is 1. The third kappa shape index (κ3) is 2.76. The molecule has 0 saturated carbocycles. The molecule has 3 atom stereocenters. The molecule has 0 aromatic rings. The van der Waals surface area contributed by atoms with Gasteiger partial charge in [0.25, 0.3) is 0 Å². The Labute approximate surface area is 146 Å². The molecule has 2 aliphatic carbocycles. The average Bonchev–Trinajstić information content (AvgIpc) is 2.48. The molecule has 0 heterocycles. The van der Waals surface area contributed by atoms with Crippen LogP contribution in [-0.2, 0) is 14.0 Å². The van der Waals surface area contributed by atoms with E-state index in [0.29, 0.717) is 23.0 Å². The van der Waals surface area contributed by atoms with Crippen molar-refractivity contribution in [2.24, 2.45) is 5.92 Å². The van der Waals surface area contributed by atoms with Crippen LogP contribution in [0, 0.1) is 5.92 Å². The van der Waals surface area contributed by atoms with Gasteiger partial charge in [-0.3, -0.25) is 9.59 Å². The van der Waals surface area contributed by atoms with Crippen LogP contribution in [0.3, 0.4) is 0 Å². The Morgan fingerprint density at radius 2 is 1.54 bits per heavy atom. The fourth-order valence-corrected chi connectivity index (χ4v) is 10.2. The van der Waals surface area contributed by atoms with Gasteiger partial charge in [0, 0.05) is 5.92 Å². The maximum atomic E-state index is 12.2. The van der Waals surface area contributed by atoms with Gasteiger partial charge in [-0.25, -0.2) is 0 Å². The van der Waals surface area contributed by atoms with Crippen molar-refractivity contribution in [3.05, 3.63) is 24.3 Å². The Bertz CT molecular complexity index is 554. The predicted molar refractivity (Wildman–Crippen MR) is 97.3 cm³/mol. The highest BCUT2D eigenvalue weighted by molar-refractivity contribution is 6.77. The summed E-state index contributed by atoms with van der Waals surface area (Å²) in [4.78, 5) is 24.5. The topological polar surface area (TPSA) is 63.6 Å². The van der Waals surface area contributed by atoms with Crippen LogP contribution >= 0.6 is 0 Å². The average molecular weight is 351 g/mol. The van der Waals surface area contributed by atoms with Crippen molar-refractivity contribution in [2.45, 2.75) is 76.3 Å². The lowest BCUT2D eigenvalue weighted by molar-refractivity contribution is -0.156. The second-order valence-electron chi connectivity index (χ2n) is 8.00. The number of aliphatic hydroxyl groups is 1. The summed E-state index contributed by atoms with van der Waals surface area (Å²) >= 11 is 0. The number of hydrogen-bond acceptors (Lipinski definition) is 4. The quantitative estimate of drug-likeness (QED) is 0.608. The molecular formula is C19H30O4Si. The van der Waals surface area contributed by atoms with Gasteiger partial charge in [-0.1, -0.05) is 53.7 Å². The zero-order valence-electron chi connectivity index (χ0n) is 15.6. The van der Waals surface area contributed by atoms with Crippen molar-refractivity contribution < 1.29 is 19.1 Å². The van der Waals surface area contributed by atoms with Crippen LogP contribution in [0.5, 0.6) is 0 Å². The third-order valence-electron chi connectivity index (χ3n) is 5.83. The molecule has 5 heteroatoms. The largest absolute Gasteiger partial charge is 0.409 e. The summed E-state index contributed by atoms with van der Waals surface area (Å²) in [5.41, 5.74) is -0.774.